The standard InChI is InChI=1S/C71H72BN3O5/c1-16-50(59-42(4)71(14,15)52-25-21-20-24-51(52)59)43-34-40(2)61(41(3)35-43)75-56-39-49(73(47-22-18-17-19-23-47)62-63(76)65(78)67(80)66(79)64(62)77)31-32-53(56)72-54-36-45(69(8,9)10)28-33-55(54)74(48-29-26-44(27-30-48)68(5,6)7)57-37-46(70(11,12)13)38-58(75)60(57)72/h16-39,76-80H,1,4H2,2-3,5-15H3/b59-50-. The average molecular weight is 1060 g/mol. The fraction of sp³-hybridized carbons (Fsp3) is 0.239. The van der Waals surface area contributed by atoms with Gasteiger partial charge in [0.25, 0.3) is 6.71 Å². The zero-order valence-electron chi connectivity index (χ0n) is 48.4. The Balaban J connectivity index is 1.26. The van der Waals surface area contributed by atoms with E-state index in [1.165, 1.54) is 16.7 Å². The summed E-state index contributed by atoms with van der Waals surface area (Å²) in [4.78, 5) is 6.46. The summed E-state index contributed by atoms with van der Waals surface area (Å²) in [7, 11) is 0. The van der Waals surface area contributed by atoms with E-state index < -0.39 is 28.7 Å². The second kappa shape index (κ2) is 18.5. The van der Waals surface area contributed by atoms with E-state index in [1.54, 1.807) is 4.90 Å². The monoisotopic (exact) mass is 1060 g/mol. The Morgan fingerprint density at radius 3 is 1.68 bits per heavy atom. The van der Waals surface area contributed by atoms with Crippen molar-refractivity contribution in [2.24, 2.45) is 0 Å². The molecular weight excluding hydrogens is 986 g/mol. The molecule has 0 fully saturated rings. The molecule has 2 heterocycles. The minimum Gasteiger partial charge on any atom is -0.503 e. The van der Waals surface area contributed by atoms with E-state index in [9.17, 15) is 25.5 Å². The lowest BCUT2D eigenvalue weighted by molar-refractivity contribution is 0.329. The Morgan fingerprint density at radius 1 is 0.537 bits per heavy atom. The van der Waals surface area contributed by atoms with Crippen LogP contribution in [0.5, 0.6) is 28.7 Å². The number of rotatable bonds is 7. The highest BCUT2D eigenvalue weighted by atomic mass is 16.4. The largest absolute Gasteiger partial charge is 0.503 e. The first-order valence-electron chi connectivity index (χ1n) is 27.6. The lowest BCUT2D eigenvalue weighted by Gasteiger charge is -2.46. The number of anilines is 9. The van der Waals surface area contributed by atoms with Gasteiger partial charge in [-0.05, 0) is 174 Å². The van der Waals surface area contributed by atoms with E-state index in [0.717, 1.165) is 95.0 Å². The first-order chi connectivity index (χ1) is 37.6. The number of hydrogen-bond acceptors (Lipinski definition) is 8. The number of benzene rings is 8. The third kappa shape index (κ3) is 8.26. The van der Waals surface area contributed by atoms with Crippen molar-refractivity contribution in [2.75, 3.05) is 14.7 Å². The first kappa shape index (κ1) is 53.4. The van der Waals surface area contributed by atoms with Gasteiger partial charge in [-0.1, -0.05) is 168 Å². The summed E-state index contributed by atoms with van der Waals surface area (Å²) in [6.45, 7) is 38.0. The van der Waals surface area contributed by atoms with Crippen molar-refractivity contribution in [1.29, 1.82) is 0 Å². The molecule has 9 heteroatoms. The molecule has 8 nitrogen and oxygen atoms in total. The molecule has 1 aliphatic carbocycles. The van der Waals surface area contributed by atoms with E-state index in [2.05, 4.69) is 210 Å². The average Bonchev–Trinajstić information content (AvgIpc) is 3.02. The summed E-state index contributed by atoms with van der Waals surface area (Å²) >= 11 is 0. The fourth-order valence-electron chi connectivity index (χ4n) is 12.5. The predicted molar refractivity (Wildman–Crippen MR) is 335 cm³/mol. The summed E-state index contributed by atoms with van der Waals surface area (Å²) in [6, 6.07) is 49.3. The van der Waals surface area contributed by atoms with Crippen molar-refractivity contribution in [3.8, 4) is 28.7 Å². The third-order valence-corrected chi connectivity index (χ3v) is 17.0. The van der Waals surface area contributed by atoms with E-state index in [-0.39, 0.29) is 34.1 Å². The Labute approximate surface area is 472 Å². The molecule has 0 bridgehead atoms. The van der Waals surface area contributed by atoms with Gasteiger partial charge in [-0.25, -0.2) is 0 Å². The van der Waals surface area contributed by atoms with Crippen molar-refractivity contribution >= 4 is 85.4 Å². The summed E-state index contributed by atoms with van der Waals surface area (Å²) in [5.74, 6) is -4.58. The second-order valence-corrected chi connectivity index (χ2v) is 25.7. The van der Waals surface area contributed by atoms with Crippen LogP contribution in [0.1, 0.15) is 121 Å². The minimum absolute atomic E-state index is 0.0453. The summed E-state index contributed by atoms with van der Waals surface area (Å²) in [5.41, 5.74) is 21.5. The highest BCUT2D eigenvalue weighted by Gasteiger charge is 2.46. The zero-order valence-corrected chi connectivity index (χ0v) is 48.4. The van der Waals surface area contributed by atoms with Crippen LogP contribution in [0.15, 0.2) is 164 Å². The molecule has 8 aromatic rings. The van der Waals surface area contributed by atoms with Crippen molar-refractivity contribution < 1.29 is 25.5 Å². The van der Waals surface area contributed by atoms with Gasteiger partial charge in [0.05, 0.1) is 5.69 Å². The molecule has 0 saturated heterocycles. The van der Waals surface area contributed by atoms with Gasteiger partial charge in [-0.2, -0.15) is 0 Å². The molecular formula is C71H72BN3O5. The van der Waals surface area contributed by atoms with E-state index in [1.807, 2.05) is 42.5 Å². The molecule has 0 amide bonds. The summed E-state index contributed by atoms with van der Waals surface area (Å²) < 4.78 is 0. The summed E-state index contributed by atoms with van der Waals surface area (Å²) in [5, 5.41) is 56.4. The molecule has 0 saturated carbocycles. The van der Waals surface area contributed by atoms with Gasteiger partial charge < -0.3 is 40.2 Å². The van der Waals surface area contributed by atoms with Gasteiger partial charge in [-0.15, -0.1) is 0 Å². The van der Waals surface area contributed by atoms with Crippen molar-refractivity contribution in [3.63, 3.8) is 0 Å². The normalized spacial score (nSPS) is 15.1. The van der Waals surface area contributed by atoms with Gasteiger partial charge in [0.1, 0.15) is 5.69 Å². The van der Waals surface area contributed by atoms with Crippen LogP contribution < -0.4 is 31.1 Å². The highest BCUT2D eigenvalue weighted by molar-refractivity contribution is 7.00. The van der Waals surface area contributed by atoms with Crippen LogP contribution in [-0.4, -0.2) is 32.2 Å². The van der Waals surface area contributed by atoms with Gasteiger partial charge in [-0.3, -0.25) is 0 Å². The quantitative estimate of drug-likeness (QED) is 0.0610. The number of phenolic OH excluding ortho intramolecular Hbond substituents is 5. The molecule has 80 heavy (non-hydrogen) atoms. The van der Waals surface area contributed by atoms with Gasteiger partial charge in [0.2, 0.25) is 17.2 Å². The Kier molecular flexibility index (Phi) is 12.4. The van der Waals surface area contributed by atoms with E-state index >= 15 is 0 Å². The maximum atomic E-state index is 11.8. The van der Waals surface area contributed by atoms with Crippen LogP contribution >= 0.6 is 0 Å². The Hall–Kier alpha value is -8.56. The maximum absolute atomic E-state index is 11.8. The summed E-state index contributed by atoms with van der Waals surface area (Å²) in [6.07, 6.45) is 1.97. The van der Waals surface area contributed by atoms with Crippen LogP contribution in [0.2, 0.25) is 0 Å². The number of phenols is 5. The lowest BCUT2D eigenvalue weighted by atomic mass is 9.33. The topological polar surface area (TPSA) is 111 Å². The highest BCUT2D eigenvalue weighted by Crippen LogP contribution is 2.59. The number of para-hydroxylation sites is 1. The SMILES string of the molecule is C=C/C(=C1\C(=C)C(C)(C)c2ccccc21)c1cc(C)c(N2c3cc(N(c4ccccc4)c4c(O)c(O)c(O)c(O)c4O)ccc3B3c4cc(C(C)(C)C)ccc4N(c4ccc(C(C)(C)C)cc4)c4cc(C(C)(C)C)cc2c43)c(C)c1. The van der Waals surface area contributed by atoms with Crippen LogP contribution in [0.25, 0.3) is 11.1 Å². The lowest BCUT2D eigenvalue weighted by Crippen LogP contribution is -2.61. The van der Waals surface area contributed by atoms with Crippen LogP contribution in [0.3, 0.4) is 0 Å². The predicted octanol–water partition coefficient (Wildman–Crippen LogP) is 16.2. The molecule has 5 N–H and O–H groups in total. The van der Waals surface area contributed by atoms with Crippen molar-refractivity contribution in [2.45, 2.75) is 112 Å². The second-order valence-electron chi connectivity index (χ2n) is 25.7. The molecule has 0 radical (unpaired) electrons. The number of nitrogens with zero attached hydrogens (tertiary/aromatic N) is 3. The molecule has 0 aromatic heterocycles. The van der Waals surface area contributed by atoms with Gasteiger partial charge in [0.15, 0.2) is 11.5 Å². The number of aromatic hydroxyl groups is 5. The van der Waals surface area contributed by atoms with Gasteiger partial charge >= 0.3 is 0 Å². The van der Waals surface area contributed by atoms with Crippen LogP contribution in [0, 0.1) is 13.8 Å². The maximum Gasteiger partial charge on any atom is 0.252 e. The Bertz CT molecular complexity index is 3890. The molecule has 0 atom stereocenters. The zero-order chi connectivity index (χ0) is 57.4. The smallest absolute Gasteiger partial charge is 0.252 e. The molecule has 404 valence electrons. The van der Waals surface area contributed by atoms with Crippen molar-refractivity contribution in [3.05, 3.63) is 209 Å². The van der Waals surface area contributed by atoms with Crippen LogP contribution in [-0.2, 0) is 21.7 Å². The molecule has 8 aromatic carbocycles. The molecule has 2 aliphatic heterocycles. The molecule has 11 rings (SSSR count). The number of fused-ring (bicyclic) bond motifs is 5. The van der Waals surface area contributed by atoms with Crippen LogP contribution in [0.4, 0.5) is 51.2 Å². The molecule has 3 aliphatic rings. The van der Waals surface area contributed by atoms with E-state index in [0.29, 0.717) is 11.4 Å². The number of aryl methyl sites for hydroxylation is 2. The van der Waals surface area contributed by atoms with E-state index in [4.69, 9.17) is 6.58 Å². The van der Waals surface area contributed by atoms with Crippen molar-refractivity contribution in [1.82, 2.24) is 0 Å². The number of hydrogen-bond donors (Lipinski definition) is 5. The first-order valence-corrected chi connectivity index (χ1v) is 27.6. The molecule has 0 spiro atoms. The third-order valence-electron chi connectivity index (χ3n) is 17.0. The number of allylic oxidation sites excluding steroid dienone is 4. The van der Waals surface area contributed by atoms with Gasteiger partial charge in [0, 0.05) is 45.2 Å². The Morgan fingerprint density at radius 2 is 1.09 bits per heavy atom. The minimum atomic E-state index is -1.03. The molecule has 0 unspecified atom stereocenters. The fourth-order valence-corrected chi connectivity index (χ4v) is 12.5.